The van der Waals surface area contributed by atoms with E-state index in [9.17, 15) is 9.59 Å². The quantitative estimate of drug-likeness (QED) is 0.868. The minimum atomic E-state index is -0.240. The smallest absolute Gasteiger partial charge is 0.244 e. The second-order valence-corrected chi connectivity index (χ2v) is 6.34. The Bertz CT molecular complexity index is 545. The standard InChI is InChI=1S/C13H14N2O2S2/c1-8-4-3-5-10(6-8)14-11(16)7-15-12(17)9(2)19-13(15)18/h3-6,9H,7H2,1-2H3,(H,14,16). The number of aryl methyl sites for hydroxylation is 1. The lowest BCUT2D eigenvalue weighted by Gasteiger charge is -2.15. The van der Waals surface area contributed by atoms with Gasteiger partial charge in [-0.05, 0) is 31.5 Å². The summed E-state index contributed by atoms with van der Waals surface area (Å²) in [5.41, 5.74) is 1.79. The van der Waals surface area contributed by atoms with Gasteiger partial charge in [-0.2, -0.15) is 0 Å². The molecule has 0 aromatic heterocycles. The monoisotopic (exact) mass is 294 g/mol. The summed E-state index contributed by atoms with van der Waals surface area (Å²) in [6.07, 6.45) is 0. The molecule has 0 aliphatic carbocycles. The Kier molecular flexibility index (Phi) is 4.21. The van der Waals surface area contributed by atoms with Crippen LogP contribution in [-0.2, 0) is 9.59 Å². The van der Waals surface area contributed by atoms with Gasteiger partial charge in [0.2, 0.25) is 11.8 Å². The van der Waals surface area contributed by atoms with E-state index < -0.39 is 0 Å². The van der Waals surface area contributed by atoms with E-state index in [-0.39, 0.29) is 23.6 Å². The summed E-state index contributed by atoms with van der Waals surface area (Å²) in [6.45, 7) is 3.72. The molecule has 1 heterocycles. The molecule has 0 bridgehead atoms. The molecule has 0 radical (unpaired) electrons. The number of benzene rings is 1. The third-order valence-electron chi connectivity index (χ3n) is 2.72. The SMILES string of the molecule is Cc1cccc(NC(=O)CN2C(=O)C(C)SC2=S)c1. The lowest BCUT2D eigenvalue weighted by atomic mass is 10.2. The van der Waals surface area contributed by atoms with E-state index in [0.29, 0.717) is 4.32 Å². The summed E-state index contributed by atoms with van der Waals surface area (Å²) in [5.74, 6) is -0.342. The van der Waals surface area contributed by atoms with Crippen LogP contribution >= 0.6 is 24.0 Å². The van der Waals surface area contributed by atoms with Gasteiger partial charge in [0.1, 0.15) is 10.9 Å². The molecule has 1 N–H and O–H groups in total. The molecule has 19 heavy (non-hydrogen) atoms. The number of nitrogens with zero attached hydrogens (tertiary/aromatic N) is 1. The third-order valence-corrected chi connectivity index (χ3v) is 4.20. The molecule has 2 amide bonds. The number of anilines is 1. The highest BCUT2D eigenvalue weighted by molar-refractivity contribution is 8.24. The molecule has 1 aliphatic heterocycles. The van der Waals surface area contributed by atoms with Crippen molar-refractivity contribution in [2.45, 2.75) is 19.1 Å². The number of nitrogens with one attached hydrogen (secondary N) is 1. The van der Waals surface area contributed by atoms with Crippen molar-refractivity contribution in [3.8, 4) is 0 Å². The van der Waals surface area contributed by atoms with Crippen LogP contribution in [0.2, 0.25) is 0 Å². The molecule has 1 aliphatic rings. The second-order valence-electron chi connectivity index (χ2n) is 4.37. The first-order chi connectivity index (χ1) is 8.97. The number of amides is 2. The van der Waals surface area contributed by atoms with Gasteiger partial charge in [0.05, 0.1) is 5.25 Å². The lowest BCUT2D eigenvalue weighted by Crippen LogP contribution is -2.37. The molecule has 4 nitrogen and oxygen atoms in total. The van der Waals surface area contributed by atoms with E-state index in [0.717, 1.165) is 11.3 Å². The van der Waals surface area contributed by atoms with Crippen LogP contribution < -0.4 is 5.32 Å². The minimum Gasteiger partial charge on any atom is -0.325 e. The van der Waals surface area contributed by atoms with E-state index in [2.05, 4.69) is 5.32 Å². The van der Waals surface area contributed by atoms with Gasteiger partial charge in [-0.1, -0.05) is 36.1 Å². The predicted molar refractivity (Wildman–Crippen MR) is 81.2 cm³/mol. The van der Waals surface area contributed by atoms with Gasteiger partial charge in [-0.25, -0.2) is 0 Å². The minimum absolute atomic E-state index is 0.0249. The maximum Gasteiger partial charge on any atom is 0.244 e. The number of hydrogen-bond acceptors (Lipinski definition) is 4. The number of thioether (sulfide) groups is 1. The van der Waals surface area contributed by atoms with Crippen LogP contribution in [0.15, 0.2) is 24.3 Å². The van der Waals surface area contributed by atoms with Gasteiger partial charge >= 0.3 is 0 Å². The average molecular weight is 294 g/mol. The van der Waals surface area contributed by atoms with Crippen LogP contribution in [0.3, 0.4) is 0 Å². The second kappa shape index (κ2) is 5.71. The summed E-state index contributed by atoms with van der Waals surface area (Å²) in [5, 5.41) is 2.57. The molecule has 1 aromatic carbocycles. The number of rotatable bonds is 3. The fourth-order valence-electron chi connectivity index (χ4n) is 1.78. The molecule has 0 spiro atoms. The topological polar surface area (TPSA) is 49.4 Å². The van der Waals surface area contributed by atoms with E-state index >= 15 is 0 Å². The van der Waals surface area contributed by atoms with E-state index in [1.807, 2.05) is 31.2 Å². The Balaban J connectivity index is 1.98. The summed E-state index contributed by atoms with van der Waals surface area (Å²) < 4.78 is 0.469. The molecule has 1 atom stereocenters. The van der Waals surface area contributed by atoms with Crippen molar-refractivity contribution in [1.82, 2.24) is 4.90 Å². The van der Waals surface area contributed by atoms with Crippen LogP contribution in [0.1, 0.15) is 12.5 Å². The average Bonchev–Trinajstić information content (AvgIpc) is 2.56. The Hall–Kier alpha value is -1.40. The lowest BCUT2D eigenvalue weighted by molar-refractivity contribution is -0.129. The summed E-state index contributed by atoms with van der Waals surface area (Å²) in [7, 11) is 0. The Labute approximate surface area is 121 Å². The van der Waals surface area contributed by atoms with E-state index in [4.69, 9.17) is 12.2 Å². The van der Waals surface area contributed by atoms with Crippen LogP contribution in [0.4, 0.5) is 5.69 Å². The fraction of sp³-hybridized carbons (Fsp3) is 0.308. The molecular weight excluding hydrogens is 280 g/mol. The van der Waals surface area contributed by atoms with Gasteiger partial charge in [-0.3, -0.25) is 14.5 Å². The van der Waals surface area contributed by atoms with Gasteiger partial charge in [-0.15, -0.1) is 0 Å². The van der Waals surface area contributed by atoms with Crippen molar-refractivity contribution in [3.63, 3.8) is 0 Å². The van der Waals surface area contributed by atoms with Crippen molar-refractivity contribution >= 4 is 45.8 Å². The summed E-state index contributed by atoms with van der Waals surface area (Å²) >= 11 is 6.40. The number of carbonyl (C=O) groups is 2. The van der Waals surface area contributed by atoms with Crippen molar-refractivity contribution in [2.75, 3.05) is 11.9 Å². The van der Waals surface area contributed by atoms with Crippen molar-refractivity contribution in [2.24, 2.45) is 0 Å². The zero-order chi connectivity index (χ0) is 14.0. The van der Waals surface area contributed by atoms with Crippen LogP contribution in [-0.4, -0.2) is 32.8 Å². The summed E-state index contributed by atoms with van der Waals surface area (Å²) in [4.78, 5) is 25.1. The van der Waals surface area contributed by atoms with Crippen LogP contribution in [0, 0.1) is 6.92 Å². The molecule has 6 heteroatoms. The van der Waals surface area contributed by atoms with Gasteiger partial charge in [0.15, 0.2) is 0 Å². The van der Waals surface area contributed by atoms with Crippen molar-refractivity contribution < 1.29 is 9.59 Å². The Morgan fingerprint density at radius 2 is 2.26 bits per heavy atom. The van der Waals surface area contributed by atoms with Gasteiger partial charge < -0.3 is 5.32 Å². The van der Waals surface area contributed by atoms with E-state index in [1.54, 1.807) is 6.92 Å². The maximum absolute atomic E-state index is 11.9. The molecular formula is C13H14N2O2S2. The molecule has 1 aromatic rings. The Morgan fingerprint density at radius 3 is 2.84 bits per heavy atom. The molecule has 100 valence electrons. The number of carbonyl (C=O) groups excluding carboxylic acids is 2. The first-order valence-electron chi connectivity index (χ1n) is 5.86. The van der Waals surface area contributed by atoms with Crippen molar-refractivity contribution in [3.05, 3.63) is 29.8 Å². The van der Waals surface area contributed by atoms with Gasteiger partial charge in [0, 0.05) is 5.69 Å². The predicted octanol–water partition coefficient (Wildman–Crippen LogP) is 2.18. The largest absolute Gasteiger partial charge is 0.325 e. The van der Waals surface area contributed by atoms with Gasteiger partial charge in [0.25, 0.3) is 0 Å². The number of thiocarbonyl (C=S) groups is 1. The third kappa shape index (κ3) is 3.33. The molecule has 1 fully saturated rings. The van der Waals surface area contributed by atoms with E-state index in [1.165, 1.54) is 16.7 Å². The molecule has 0 saturated carbocycles. The zero-order valence-electron chi connectivity index (χ0n) is 10.7. The summed E-state index contributed by atoms with van der Waals surface area (Å²) in [6, 6.07) is 7.51. The Morgan fingerprint density at radius 1 is 1.53 bits per heavy atom. The highest BCUT2D eigenvalue weighted by atomic mass is 32.2. The van der Waals surface area contributed by atoms with Crippen LogP contribution in [0.5, 0.6) is 0 Å². The maximum atomic E-state index is 11.9. The highest BCUT2D eigenvalue weighted by Crippen LogP contribution is 2.26. The number of hydrogen-bond donors (Lipinski definition) is 1. The highest BCUT2D eigenvalue weighted by Gasteiger charge is 2.34. The first-order valence-corrected chi connectivity index (χ1v) is 7.14. The molecule has 2 rings (SSSR count). The normalized spacial score (nSPS) is 18.8. The molecule has 1 unspecified atom stereocenters. The zero-order valence-corrected chi connectivity index (χ0v) is 12.3. The van der Waals surface area contributed by atoms with Crippen LogP contribution in [0.25, 0.3) is 0 Å². The molecule has 1 saturated heterocycles. The van der Waals surface area contributed by atoms with Crippen molar-refractivity contribution in [1.29, 1.82) is 0 Å². The fourth-order valence-corrected chi connectivity index (χ4v) is 3.18. The first kappa shape index (κ1) is 14.0.